The zero-order valence-electron chi connectivity index (χ0n) is 9.08. The van der Waals surface area contributed by atoms with Gasteiger partial charge in [-0.3, -0.25) is 4.79 Å². The molecule has 2 aromatic carbocycles. The van der Waals surface area contributed by atoms with Crippen molar-refractivity contribution in [2.45, 2.75) is 0 Å². The Kier molecular flexibility index (Phi) is 3.06. The third-order valence-corrected chi connectivity index (χ3v) is 2.44. The molecule has 0 aliphatic heterocycles. The number of halogens is 3. The lowest BCUT2D eigenvalue weighted by Gasteiger charge is -2.04. The van der Waals surface area contributed by atoms with E-state index in [9.17, 15) is 18.0 Å². The number of hydrogen-bond donors (Lipinski definition) is 1. The van der Waals surface area contributed by atoms with Gasteiger partial charge >= 0.3 is 0 Å². The monoisotopic (exact) mass is 251 g/mol. The first-order valence-electron chi connectivity index (χ1n) is 5.04. The minimum atomic E-state index is -0.989. The summed E-state index contributed by atoms with van der Waals surface area (Å²) in [5.74, 6) is -3.26. The van der Waals surface area contributed by atoms with Crippen molar-refractivity contribution < 1.29 is 18.0 Å². The van der Waals surface area contributed by atoms with Crippen molar-refractivity contribution in [1.29, 1.82) is 0 Å². The summed E-state index contributed by atoms with van der Waals surface area (Å²) >= 11 is 0. The lowest BCUT2D eigenvalue weighted by Crippen LogP contribution is -2.06. The van der Waals surface area contributed by atoms with Crippen molar-refractivity contribution in [2.24, 2.45) is 0 Å². The fourth-order valence-electron chi connectivity index (χ4n) is 1.50. The number of hydrogen-bond acceptors (Lipinski definition) is 2. The van der Waals surface area contributed by atoms with Gasteiger partial charge in [-0.25, -0.2) is 13.2 Å². The van der Waals surface area contributed by atoms with E-state index in [2.05, 4.69) is 0 Å². The predicted molar refractivity (Wildman–Crippen MR) is 60.6 cm³/mol. The van der Waals surface area contributed by atoms with Gasteiger partial charge in [0, 0.05) is 11.6 Å². The molecule has 0 saturated carbocycles. The van der Waals surface area contributed by atoms with Gasteiger partial charge < -0.3 is 5.73 Å². The van der Waals surface area contributed by atoms with Crippen LogP contribution >= 0.6 is 0 Å². The van der Waals surface area contributed by atoms with Crippen LogP contribution in [0.4, 0.5) is 18.9 Å². The van der Waals surface area contributed by atoms with Crippen LogP contribution in [0.1, 0.15) is 15.9 Å². The number of nitrogen functional groups attached to an aromatic ring is 1. The topological polar surface area (TPSA) is 43.1 Å². The van der Waals surface area contributed by atoms with E-state index in [0.29, 0.717) is 6.07 Å². The zero-order chi connectivity index (χ0) is 13.3. The molecule has 2 rings (SSSR count). The fraction of sp³-hybridized carbons (Fsp3) is 0. The van der Waals surface area contributed by atoms with Crippen molar-refractivity contribution in [3.05, 3.63) is 65.0 Å². The lowest BCUT2D eigenvalue weighted by molar-refractivity contribution is 0.103. The van der Waals surface area contributed by atoms with Crippen molar-refractivity contribution in [3.8, 4) is 0 Å². The minimum Gasteiger partial charge on any atom is -0.396 e. The number of ketones is 1. The average molecular weight is 251 g/mol. The van der Waals surface area contributed by atoms with Gasteiger partial charge in [-0.05, 0) is 30.3 Å². The van der Waals surface area contributed by atoms with E-state index in [1.807, 2.05) is 0 Å². The first-order chi connectivity index (χ1) is 8.49. The van der Waals surface area contributed by atoms with Gasteiger partial charge in [0.25, 0.3) is 0 Å². The quantitative estimate of drug-likeness (QED) is 0.658. The summed E-state index contributed by atoms with van der Waals surface area (Å²) in [5, 5.41) is 0. The predicted octanol–water partition coefficient (Wildman–Crippen LogP) is 2.92. The molecule has 0 atom stereocenters. The van der Waals surface area contributed by atoms with E-state index in [4.69, 9.17) is 5.73 Å². The highest BCUT2D eigenvalue weighted by Gasteiger charge is 2.15. The Hall–Kier alpha value is -2.30. The standard InChI is InChI=1S/C13H8F3NO/c14-8-2-3-9(10(15)6-8)13(18)7-1-4-12(17)11(16)5-7/h1-6H,17H2. The molecule has 18 heavy (non-hydrogen) atoms. The van der Waals surface area contributed by atoms with E-state index in [0.717, 1.165) is 18.2 Å². The highest BCUT2D eigenvalue weighted by molar-refractivity contribution is 6.09. The van der Waals surface area contributed by atoms with Crippen molar-refractivity contribution >= 4 is 11.5 Å². The molecule has 92 valence electrons. The second kappa shape index (κ2) is 4.52. The summed E-state index contributed by atoms with van der Waals surface area (Å²) < 4.78 is 39.3. The van der Waals surface area contributed by atoms with Crippen molar-refractivity contribution in [2.75, 3.05) is 5.73 Å². The summed E-state index contributed by atoms with van der Waals surface area (Å²) in [5.41, 5.74) is 4.79. The summed E-state index contributed by atoms with van der Waals surface area (Å²) in [6.07, 6.45) is 0. The molecular weight excluding hydrogens is 243 g/mol. The van der Waals surface area contributed by atoms with E-state index in [-0.39, 0.29) is 16.8 Å². The number of rotatable bonds is 2. The Morgan fingerprint density at radius 3 is 2.28 bits per heavy atom. The molecule has 0 saturated heterocycles. The lowest BCUT2D eigenvalue weighted by atomic mass is 10.0. The second-order valence-corrected chi connectivity index (χ2v) is 3.69. The normalized spacial score (nSPS) is 10.4. The smallest absolute Gasteiger partial charge is 0.196 e. The summed E-state index contributed by atoms with van der Waals surface area (Å²) in [6.45, 7) is 0. The van der Waals surface area contributed by atoms with Gasteiger partial charge in [-0.1, -0.05) is 0 Å². The zero-order valence-corrected chi connectivity index (χ0v) is 9.08. The Balaban J connectivity index is 2.44. The van der Waals surface area contributed by atoms with Crippen LogP contribution in [0.15, 0.2) is 36.4 Å². The van der Waals surface area contributed by atoms with Crippen molar-refractivity contribution in [1.82, 2.24) is 0 Å². The molecular formula is C13H8F3NO. The largest absolute Gasteiger partial charge is 0.396 e. The average Bonchev–Trinajstić information content (AvgIpc) is 2.32. The molecule has 0 aliphatic carbocycles. The van der Waals surface area contributed by atoms with Gasteiger partial charge in [0.05, 0.1) is 11.3 Å². The Labute approximate surface area is 101 Å². The van der Waals surface area contributed by atoms with Gasteiger partial charge in [0.15, 0.2) is 5.78 Å². The van der Waals surface area contributed by atoms with Crippen LogP contribution in [0.5, 0.6) is 0 Å². The summed E-state index contributed by atoms with van der Waals surface area (Å²) in [6, 6.07) is 5.99. The summed E-state index contributed by atoms with van der Waals surface area (Å²) in [4.78, 5) is 11.9. The fourth-order valence-corrected chi connectivity index (χ4v) is 1.50. The van der Waals surface area contributed by atoms with Gasteiger partial charge in [-0.15, -0.1) is 0 Å². The Morgan fingerprint density at radius 2 is 1.67 bits per heavy atom. The number of nitrogens with two attached hydrogens (primary N) is 1. The number of carbonyl (C=O) groups is 1. The summed E-state index contributed by atoms with van der Waals surface area (Å²) in [7, 11) is 0. The molecule has 0 heterocycles. The molecule has 2 nitrogen and oxygen atoms in total. The van der Waals surface area contributed by atoms with Gasteiger partial charge in [0.1, 0.15) is 17.5 Å². The number of benzene rings is 2. The Morgan fingerprint density at radius 1 is 0.944 bits per heavy atom. The number of anilines is 1. The van der Waals surface area contributed by atoms with Crippen molar-refractivity contribution in [3.63, 3.8) is 0 Å². The van der Waals surface area contributed by atoms with Crippen LogP contribution in [0.25, 0.3) is 0 Å². The maximum Gasteiger partial charge on any atom is 0.196 e. The third kappa shape index (κ3) is 2.20. The van der Waals surface area contributed by atoms with E-state index < -0.39 is 23.2 Å². The molecule has 0 aromatic heterocycles. The first kappa shape index (κ1) is 12.2. The molecule has 0 aliphatic rings. The SMILES string of the molecule is Nc1ccc(C(=O)c2ccc(F)cc2F)cc1F. The van der Waals surface area contributed by atoms with E-state index >= 15 is 0 Å². The molecule has 2 N–H and O–H groups in total. The second-order valence-electron chi connectivity index (χ2n) is 3.69. The van der Waals surface area contributed by atoms with Gasteiger partial charge in [0.2, 0.25) is 0 Å². The highest BCUT2D eigenvalue weighted by Crippen LogP contribution is 2.18. The van der Waals surface area contributed by atoms with Crippen LogP contribution in [0.3, 0.4) is 0 Å². The molecule has 0 bridgehead atoms. The molecule has 5 heteroatoms. The van der Waals surface area contributed by atoms with Gasteiger partial charge in [-0.2, -0.15) is 0 Å². The van der Waals surface area contributed by atoms with Crippen LogP contribution in [-0.4, -0.2) is 5.78 Å². The first-order valence-corrected chi connectivity index (χ1v) is 5.04. The van der Waals surface area contributed by atoms with Crippen LogP contribution in [0.2, 0.25) is 0 Å². The molecule has 0 spiro atoms. The third-order valence-electron chi connectivity index (χ3n) is 2.44. The molecule has 0 unspecified atom stereocenters. The van der Waals surface area contributed by atoms with Crippen LogP contribution in [0, 0.1) is 17.5 Å². The Bertz CT molecular complexity index is 626. The molecule has 2 aromatic rings. The minimum absolute atomic E-state index is 0.0489. The maximum atomic E-state index is 13.4. The molecule has 0 radical (unpaired) electrons. The van der Waals surface area contributed by atoms with Crippen LogP contribution < -0.4 is 5.73 Å². The highest BCUT2D eigenvalue weighted by atomic mass is 19.1. The molecule has 0 amide bonds. The van der Waals surface area contributed by atoms with E-state index in [1.54, 1.807) is 0 Å². The van der Waals surface area contributed by atoms with E-state index in [1.165, 1.54) is 12.1 Å². The van der Waals surface area contributed by atoms with Crippen LogP contribution in [-0.2, 0) is 0 Å². The number of carbonyl (C=O) groups excluding carboxylic acids is 1. The molecule has 0 fully saturated rings. The maximum absolute atomic E-state index is 13.4.